The van der Waals surface area contributed by atoms with Crippen LogP contribution in [0.1, 0.15) is 39.5 Å². The van der Waals surface area contributed by atoms with E-state index in [1.54, 1.807) is 0 Å². The highest BCUT2D eigenvalue weighted by molar-refractivity contribution is 5.98. The zero-order chi connectivity index (χ0) is 11.1. The van der Waals surface area contributed by atoms with Gasteiger partial charge in [-0.1, -0.05) is 19.8 Å². The Kier molecular flexibility index (Phi) is 5.60. The predicted octanol–water partition coefficient (Wildman–Crippen LogP) is 2.05. The van der Waals surface area contributed by atoms with Gasteiger partial charge in [0.25, 0.3) is 0 Å². The van der Waals surface area contributed by atoms with E-state index >= 15 is 0 Å². The third-order valence-electron chi connectivity index (χ3n) is 2.06. The fraction of sp³-hybridized carbons (Fsp3) is 0.600. The lowest BCUT2D eigenvalue weighted by atomic mass is 10.0. The van der Waals surface area contributed by atoms with Gasteiger partial charge in [0.1, 0.15) is 0 Å². The molecule has 0 saturated carbocycles. The molecule has 0 spiro atoms. The van der Waals surface area contributed by atoms with E-state index in [0.717, 1.165) is 19.3 Å². The molecule has 0 aromatic heterocycles. The predicted molar refractivity (Wildman–Crippen MR) is 52.1 cm³/mol. The Labute approximate surface area is 83.2 Å². The van der Waals surface area contributed by atoms with Crippen LogP contribution in [0, 0.1) is 0 Å². The molecule has 4 heteroatoms. The third-order valence-corrected chi connectivity index (χ3v) is 2.06. The summed E-state index contributed by atoms with van der Waals surface area (Å²) >= 11 is 0. The monoisotopic (exact) mass is 200 g/mol. The molecule has 0 aromatic rings. The Morgan fingerprint density at radius 2 is 1.64 bits per heavy atom. The largest absolute Gasteiger partial charge is 0.478 e. The molecule has 4 nitrogen and oxygen atoms in total. The summed E-state index contributed by atoms with van der Waals surface area (Å²) in [7, 11) is 0. The molecule has 0 aliphatic rings. The molecule has 0 aliphatic carbocycles. The van der Waals surface area contributed by atoms with Gasteiger partial charge in [0.05, 0.1) is 0 Å². The normalized spacial score (nSPS) is 12.1. The van der Waals surface area contributed by atoms with Crippen LogP contribution in [-0.2, 0) is 9.59 Å². The van der Waals surface area contributed by atoms with Crippen molar-refractivity contribution < 1.29 is 19.8 Å². The van der Waals surface area contributed by atoms with Crippen LogP contribution in [0.3, 0.4) is 0 Å². The summed E-state index contributed by atoms with van der Waals surface area (Å²) in [5.74, 6) is -2.28. The fourth-order valence-electron chi connectivity index (χ4n) is 1.14. The second-order valence-corrected chi connectivity index (χ2v) is 3.17. The lowest BCUT2D eigenvalue weighted by Crippen LogP contribution is -2.09. The van der Waals surface area contributed by atoms with Gasteiger partial charge in [-0.25, -0.2) is 9.59 Å². The average molecular weight is 200 g/mol. The molecule has 80 valence electrons. The minimum atomic E-state index is -1.15. The van der Waals surface area contributed by atoms with Gasteiger partial charge in [-0.3, -0.25) is 0 Å². The van der Waals surface area contributed by atoms with Crippen molar-refractivity contribution in [3.8, 4) is 0 Å². The van der Waals surface area contributed by atoms with E-state index in [2.05, 4.69) is 0 Å². The zero-order valence-electron chi connectivity index (χ0n) is 8.54. The molecule has 0 rings (SSSR count). The molecule has 0 saturated heterocycles. The van der Waals surface area contributed by atoms with Crippen LogP contribution in [0.5, 0.6) is 0 Å². The third kappa shape index (κ3) is 4.07. The second kappa shape index (κ2) is 6.18. The van der Waals surface area contributed by atoms with E-state index in [1.165, 1.54) is 6.92 Å². The molecular formula is C10H16O4. The molecule has 0 atom stereocenters. The highest BCUT2D eigenvalue weighted by Gasteiger charge is 2.15. The number of hydrogen-bond acceptors (Lipinski definition) is 2. The first kappa shape index (κ1) is 12.7. The highest BCUT2D eigenvalue weighted by atomic mass is 16.4. The van der Waals surface area contributed by atoms with Crippen LogP contribution in [0.25, 0.3) is 0 Å². The number of carbonyl (C=O) groups is 2. The molecule has 0 aromatic carbocycles. The van der Waals surface area contributed by atoms with Gasteiger partial charge in [-0.15, -0.1) is 0 Å². The first-order chi connectivity index (χ1) is 6.50. The van der Waals surface area contributed by atoms with Crippen LogP contribution in [0.15, 0.2) is 11.1 Å². The minimum absolute atomic E-state index is 0.0194. The van der Waals surface area contributed by atoms with Crippen molar-refractivity contribution in [2.24, 2.45) is 0 Å². The molecule has 14 heavy (non-hydrogen) atoms. The van der Waals surface area contributed by atoms with Crippen LogP contribution in [-0.4, -0.2) is 22.2 Å². The van der Waals surface area contributed by atoms with Crippen molar-refractivity contribution >= 4 is 11.9 Å². The van der Waals surface area contributed by atoms with Crippen LogP contribution >= 0.6 is 0 Å². The number of rotatable bonds is 6. The number of aliphatic carboxylic acids is 2. The maximum Gasteiger partial charge on any atom is 0.332 e. The van der Waals surface area contributed by atoms with Crippen molar-refractivity contribution in [2.45, 2.75) is 39.5 Å². The number of carboxylic acids is 2. The summed E-state index contributed by atoms with van der Waals surface area (Å²) in [4.78, 5) is 21.3. The van der Waals surface area contributed by atoms with Gasteiger partial charge < -0.3 is 10.2 Å². The fourth-order valence-corrected chi connectivity index (χ4v) is 1.14. The summed E-state index contributed by atoms with van der Waals surface area (Å²) in [6.07, 6.45) is 2.97. The standard InChI is InChI=1S/C10H16O4/c1-3-4-5-6-8(10(13)14)7(2)9(11)12/h3-6H2,1-2H3,(H,11,12)(H,13,14)/b8-7-. The van der Waals surface area contributed by atoms with Crippen molar-refractivity contribution in [2.75, 3.05) is 0 Å². The van der Waals surface area contributed by atoms with Crippen LogP contribution in [0.2, 0.25) is 0 Å². The van der Waals surface area contributed by atoms with Gasteiger partial charge in [-0.05, 0) is 19.8 Å². The van der Waals surface area contributed by atoms with Crippen LogP contribution in [0.4, 0.5) is 0 Å². The number of unbranched alkanes of at least 4 members (excludes halogenated alkanes) is 2. The Bertz CT molecular complexity index is 253. The van der Waals surface area contributed by atoms with E-state index in [0.29, 0.717) is 6.42 Å². The Balaban J connectivity index is 4.52. The van der Waals surface area contributed by atoms with E-state index in [9.17, 15) is 9.59 Å². The summed E-state index contributed by atoms with van der Waals surface area (Å²) in [5.41, 5.74) is -0.0421. The summed E-state index contributed by atoms with van der Waals surface area (Å²) in [6, 6.07) is 0. The molecule has 2 N–H and O–H groups in total. The first-order valence-corrected chi connectivity index (χ1v) is 4.67. The molecule has 0 aliphatic heterocycles. The maximum atomic E-state index is 10.7. The van der Waals surface area contributed by atoms with Crippen molar-refractivity contribution in [1.82, 2.24) is 0 Å². The first-order valence-electron chi connectivity index (χ1n) is 4.67. The maximum absolute atomic E-state index is 10.7. The van der Waals surface area contributed by atoms with Gasteiger partial charge in [0, 0.05) is 11.1 Å². The van der Waals surface area contributed by atoms with E-state index in [1.807, 2.05) is 6.92 Å². The van der Waals surface area contributed by atoms with Crippen molar-refractivity contribution in [1.29, 1.82) is 0 Å². The molecule has 0 bridgehead atoms. The number of carboxylic acid groups (broad SMARTS) is 2. The number of hydrogen-bond donors (Lipinski definition) is 2. The van der Waals surface area contributed by atoms with E-state index < -0.39 is 11.9 Å². The van der Waals surface area contributed by atoms with E-state index in [-0.39, 0.29) is 11.1 Å². The Morgan fingerprint density at radius 1 is 1.07 bits per heavy atom. The van der Waals surface area contributed by atoms with E-state index in [4.69, 9.17) is 10.2 Å². The molecule has 0 radical (unpaired) electrons. The summed E-state index contributed by atoms with van der Waals surface area (Å²) < 4.78 is 0. The molecule has 0 heterocycles. The molecular weight excluding hydrogens is 184 g/mol. The van der Waals surface area contributed by atoms with Gasteiger partial charge >= 0.3 is 11.9 Å². The lowest BCUT2D eigenvalue weighted by Gasteiger charge is -2.04. The SMILES string of the molecule is CCCCC/C(C(=O)O)=C(\C)C(=O)O. The van der Waals surface area contributed by atoms with Gasteiger partial charge in [0.15, 0.2) is 0 Å². The smallest absolute Gasteiger partial charge is 0.332 e. The second-order valence-electron chi connectivity index (χ2n) is 3.17. The topological polar surface area (TPSA) is 74.6 Å². The molecule has 0 unspecified atom stereocenters. The zero-order valence-corrected chi connectivity index (χ0v) is 8.54. The average Bonchev–Trinajstić information content (AvgIpc) is 2.10. The summed E-state index contributed by atoms with van der Waals surface area (Å²) in [6.45, 7) is 3.34. The lowest BCUT2D eigenvalue weighted by molar-refractivity contribution is -0.136. The molecule has 0 fully saturated rings. The molecule has 0 amide bonds. The quantitative estimate of drug-likeness (QED) is 0.508. The summed E-state index contributed by atoms with van der Waals surface area (Å²) in [5, 5.41) is 17.4. The van der Waals surface area contributed by atoms with Crippen LogP contribution < -0.4 is 0 Å². The van der Waals surface area contributed by atoms with Gasteiger partial charge in [-0.2, -0.15) is 0 Å². The van der Waals surface area contributed by atoms with Gasteiger partial charge in [0.2, 0.25) is 0 Å². The van der Waals surface area contributed by atoms with Crippen molar-refractivity contribution in [3.63, 3.8) is 0 Å². The highest BCUT2D eigenvalue weighted by Crippen LogP contribution is 2.14. The Hall–Kier alpha value is -1.32. The minimum Gasteiger partial charge on any atom is -0.478 e. The van der Waals surface area contributed by atoms with Crippen molar-refractivity contribution in [3.05, 3.63) is 11.1 Å². The Morgan fingerprint density at radius 3 is 2.00 bits per heavy atom.